The summed E-state index contributed by atoms with van der Waals surface area (Å²) >= 11 is 0. The number of nitrogens with zero attached hydrogens (tertiary/aromatic N) is 2. The Morgan fingerprint density at radius 1 is 1.16 bits per heavy atom. The van der Waals surface area contributed by atoms with E-state index in [1.807, 2.05) is 18.2 Å². The fourth-order valence-corrected chi connectivity index (χ4v) is 2.71. The van der Waals surface area contributed by atoms with Gasteiger partial charge in [-0.3, -0.25) is 9.36 Å². The van der Waals surface area contributed by atoms with Crippen LogP contribution in [0, 0.1) is 5.82 Å². The summed E-state index contributed by atoms with van der Waals surface area (Å²) in [6.45, 7) is 2.72. The fraction of sp³-hybridized carbons (Fsp3) is 0.200. The monoisotopic (exact) mass is 337 g/mol. The molecule has 1 heterocycles. The first kappa shape index (κ1) is 16.9. The van der Waals surface area contributed by atoms with Crippen LogP contribution in [0.15, 0.2) is 67.1 Å². The lowest BCUT2D eigenvalue weighted by Crippen LogP contribution is -2.27. The van der Waals surface area contributed by atoms with Crippen molar-refractivity contribution in [2.24, 2.45) is 0 Å². The standard InChI is InChI=1S/C20H20FN3O/c1-15(16-5-3-2-4-6-16)11-12-23-20(25)19-13-22-14-24(19)18-9-7-17(21)8-10-18/h2-10,13-15H,11-12H2,1H3,(H,23,25). The Labute approximate surface area is 146 Å². The third kappa shape index (κ3) is 4.12. The van der Waals surface area contributed by atoms with Crippen LogP contribution in [-0.4, -0.2) is 22.0 Å². The van der Waals surface area contributed by atoms with Crippen LogP contribution >= 0.6 is 0 Å². The summed E-state index contributed by atoms with van der Waals surface area (Å²) in [5.74, 6) is -0.143. The predicted molar refractivity (Wildman–Crippen MR) is 95.3 cm³/mol. The minimum absolute atomic E-state index is 0.193. The smallest absolute Gasteiger partial charge is 0.269 e. The third-order valence-electron chi connectivity index (χ3n) is 4.21. The molecule has 0 aliphatic heterocycles. The van der Waals surface area contributed by atoms with Crippen LogP contribution < -0.4 is 5.32 Å². The summed E-state index contributed by atoms with van der Waals surface area (Å²) in [6.07, 6.45) is 3.91. The molecule has 0 saturated carbocycles. The molecule has 0 bridgehead atoms. The highest BCUT2D eigenvalue weighted by Gasteiger charge is 2.13. The third-order valence-corrected chi connectivity index (χ3v) is 4.21. The summed E-state index contributed by atoms with van der Waals surface area (Å²) in [7, 11) is 0. The van der Waals surface area contributed by atoms with E-state index in [0.717, 1.165) is 6.42 Å². The maximum absolute atomic E-state index is 13.1. The molecule has 5 heteroatoms. The minimum Gasteiger partial charge on any atom is -0.351 e. The molecule has 25 heavy (non-hydrogen) atoms. The number of imidazole rings is 1. The van der Waals surface area contributed by atoms with Gasteiger partial charge in [0.2, 0.25) is 0 Å². The second kappa shape index (κ2) is 7.75. The Bertz CT molecular complexity index is 828. The van der Waals surface area contributed by atoms with Crippen molar-refractivity contribution in [3.8, 4) is 5.69 Å². The first-order chi connectivity index (χ1) is 12.1. The zero-order valence-electron chi connectivity index (χ0n) is 14.0. The molecule has 2 aromatic carbocycles. The number of rotatable bonds is 6. The average Bonchev–Trinajstić information content (AvgIpc) is 3.13. The van der Waals surface area contributed by atoms with E-state index in [0.29, 0.717) is 23.8 Å². The van der Waals surface area contributed by atoms with Crippen LogP contribution in [0.5, 0.6) is 0 Å². The zero-order chi connectivity index (χ0) is 17.6. The van der Waals surface area contributed by atoms with Crippen LogP contribution in [-0.2, 0) is 0 Å². The van der Waals surface area contributed by atoms with Gasteiger partial charge in [-0.2, -0.15) is 0 Å². The molecular weight excluding hydrogens is 317 g/mol. The van der Waals surface area contributed by atoms with Crippen LogP contribution in [0.3, 0.4) is 0 Å². The van der Waals surface area contributed by atoms with E-state index < -0.39 is 0 Å². The number of amides is 1. The molecule has 1 N–H and O–H groups in total. The highest BCUT2D eigenvalue weighted by atomic mass is 19.1. The fourth-order valence-electron chi connectivity index (χ4n) is 2.71. The Morgan fingerprint density at radius 3 is 2.60 bits per heavy atom. The maximum Gasteiger partial charge on any atom is 0.269 e. The van der Waals surface area contributed by atoms with Crippen molar-refractivity contribution in [2.75, 3.05) is 6.54 Å². The van der Waals surface area contributed by atoms with Crippen LogP contribution in [0.2, 0.25) is 0 Å². The average molecular weight is 337 g/mol. The lowest BCUT2D eigenvalue weighted by Gasteiger charge is -2.13. The van der Waals surface area contributed by atoms with Crippen molar-refractivity contribution >= 4 is 5.91 Å². The minimum atomic E-state index is -0.315. The molecule has 4 nitrogen and oxygen atoms in total. The van der Waals surface area contributed by atoms with E-state index in [4.69, 9.17) is 0 Å². The summed E-state index contributed by atoms with van der Waals surface area (Å²) in [6, 6.07) is 16.2. The first-order valence-electron chi connectivity index (χ1n) is 8.26. The molecule has 128 valence electrons. The number of carbonyl (C=O) groups excluding carboxylic acids is 1. The van der Waals surface area contributed by atoms with Gasteiger partial charge in [0.05, 0.1) is 12.5 Å². The Hall–Kier alpha value is -2.95. The quantitative estimate of drug-likeness (QED) is 0.741. The van der Waals surface area contributed by atoms with Crippen molar-refractivity contribution in [1.29, 1.82) is 0 Å². The lowest BCUT2D eigenvalue weighted by atomic mass is 9.98. The summed E-state index contributed by atoms with van der Waals surface area (Å²) in [4.78, 5) is 16.5. The Kier molecular flexibility index (Phi) is 5.23. The number of halogens is 1. The van der Waals surface area contributed by atoms with E-state index in [1.54, 1.807) is 23.0 Å². The van der Waals surface area contributed by atoms with E-state index in [2.05, 4.69) is 29.4 Å². The first-order valence-corrected chi connectivity index (χ1v) is 8.26. The molecule has 1 amide bonds. The molecule has 0 aliphatic rings. The van der Waals surface area contributed by atoms with Gasteiger partial charge in [0.1, 0.15) is 11.5 Å². The second-order valence-corrected chi connectivity index (χ2v) is 5.98. The Morgan fingerprint density at radius 2 is 1.88 bits per heavy atom. The largest absolute Gasteiger partial charge is 0.351 e. The second-order valence-electron chi connectivity index (χ2n) is 5.98. The van der Waals surface area contributed by atoms with Crippen molar-refractivity contribution in [3.05, 3.63) is 84.2 Å². The van der Waals surface area contributed by atoms with Gasteiger partial charge in [0.25, 0.3) is 5.91 Å². The van der Waals surface area contributed by atoms with Crippen LogP contribution in [0.25, 0.3) is 5.69 Å². The zero-order valence-corrected chi connectivity index (χ0v) is 14.0. The molecule has 0 radical (unpaired) electrons. The van der Waals surface area contributed by atoms with Gasteiger partial charge in [-0.15, -0.1) is 0 Å². The van der Waals surface area contributed by atoms with Gasteiger partial charge < -0.3 is 5.32 Å². The summed E-state index contributed by atoms with van der Waals surface area (Å²) in [5.41, 5.74) is 2.38. The maximum atomic E-state index is 13.1. The van der Waals surface area contributed by atoms with Gasteiger partial charge >= 0.3 is 0 Å². The molecule has 3 aromatic rings. The number of hydrogen-bond donors (Lipinski definition) is 1. The highest BCUT2D eigenvalue weighted by molar-refractivity contribution is 5.92. The van der Waals surface area contributed by atoms with Gasteiger partial charge in [0.15, 0.2) is 0 Å². The number of nitrogens with one attached hydrogen (secondary N) is 1. The molecule has 1 unspecified atom stereocenters. The number of aromatic nitrogens is 2. The van der Waals surface area contributed by atoms with Gasteiger partial charge in [-0.1, -0.05) is 37.3 Å². The Balaban J connectivity index is 1.61. The van der Waals surface area contributed by atoms with E-state index in [9.17, 15) is 9.18 Å². The molecule has 0 fully saturated rings. The molecule has 0 aliphatic carbocycles. The SMILES string of the molecule is CC(CCNC(=O)c1cncn1-c1ccc(F)cc1)c1ccccc1. The topological polar surface area (TPSA) is 46.9 Å². The molecule has 0 saturated heterocycles. The molecular formula is C20H20FN3O. The molecule has 1 aromatic heterocycles. The normalized spacial score (nSPS) is 11.9. The number of carbonyl (C=O) groups is 1. The van der Waals surface area contributed by atoms with Crippen molar-refractivity contribution in [2.45, 2.75) is 19.3 Å². The predicted octanol–water partition coefficient (Wildman–Crippen LogP) is 3.94. The van der Waals surface area contributed by atoms with Gasteiger partial charge in [0, 0.05) is 12.2 Å². The summed E-state index contributed by atoms with van der Waals surface area (Å²) < 4.78 is 14.7. The van der Waals surface area contributed by atoms with E-state index in [1.165, 1.54) is 23.9 Å². The van der Waals surface area contributed by atoms with Gasteiger partial charge in [-0.05, 0) is 42.2 Å². The van der Waals surface area contributed by atoms with E-state index >= 15 is 0 Å². The van der Waals surface area contributed by atoms with E-state index in [-0.39, 0.29) is 11.7 Å². The molecule has 1 atom stereocenters. The van der Waals surface area contributed by atoms with Gasteiger partial charge in [-0.25, -0.2) is 9.37 Å². The number of benzene rings is 2. The van der Waals surface area contributed by atoms with Crippen LogP contribution in [0.1, 0.15) is 35.3 Å². The van der Waals surface area contributed by atoms with Crippen LogP contribution in [0.4, 0.5) is 4.39 Å². The summed E-state index contributed by atoms with van der Waals surface area (Å²) in [5, 5.41) is 2.93. The van der Waals surface area contributed by atoms with Crippen molar-refractivity contribution < 1.29 is 9.18 Å². The van der Waals surface area contributed by atoms with Crippen molar-refractivity contribution in [3.63, 3.8) is 0 Å². The molecule has 3 rings (SSSR count). The molecule has 0 spiro atoms. The van der Waals surface area contributed by atoms with Crippen molar-refractivity contribution in [1.82, 2.24) is 14.9 Å². The number of hydrogen-bond acceptors (Lipinski definition) is 2. The highest BCUT2D eigenvalue weighted by Crippen LogP contribution is 2.18. The lowest BCUT2D eigenvalue weighted by molar-refractivity contribution is 0.0946.